The molecule has 0 spiro atoms. The van der Waals surface area contributed by atoms with Gasteiger partial charge in [0.1, 0.15) is 22.4 Å². The van der Waals surface area contributed by atoms with Gasteiger partial charge in [0.05, 0.1) is 23.4 Å². The fourth-order valence-electron chi connectivity index (χ4n) is 5.89. The van der Waals surface area contributed by atoms with Gasteiger partial charge in [-0.15, -0.1) is 11.3 Å². The van der Waals surface area contributed by atoms with Crippen LogP contribution in [-0.2, 0) is 11.3 Å². The Hall–Kier alpha value is -4.50. The van der Waals surface area contributed by atoms with Gasteiger partial charge in [-0.05, 0) is 73.4 Å². The van der Waals surface area contributed by atoms with Gasteiger partial charge in [-0.3, -0.25) is 9.59 Å². The van der Waals surface area contributed by atoms with E-state index >= 15 is 0 Å². The van der Waals surface area contributed by atoms with Crippen molar-refractivity contribution in [1.29, 1.82) is 0 Å². The molecule has 226 valence electrons. The first kappa shape index (κ1) is 29.6. The Morgan fingerprint density at radius 2 is 1.73 bits per heavy atom. The maximum Gasteiger partial charge on any atom is 0.265 e. The van der Waals surface area contributed by atoms with Crippen LogP contribution in [0.5, 0.6) is 5.75 Å². The second kappa shape index (κ2) is 13.0. The van der Waals surface area contributed by atoms with Crippen LogP contribution in [0.3, 0.4) is 0 Å². The lowest BCUT2D eigenvalue weighted by Crippen LogP contribution is -2.46. The van der Waals surface area contributed by atoms with Gasteiger partial charge < -0.3 is 15.0 Å². The predicted molar refractivity (Wildman–Crippen MR) is 171 cm³/mol. The van der Waals surface area contributed by atoms with Crippen LogP contribution >= 0.6 is 11.3 Å². The minimum absolute atomic E-state index is 0.0589. The maximum absolute atomic E-state index is 14.6. The number of fused-ring (bicyclic) bond motifs is 1. The number of aryl methyl sites for hydroxylation is 1. The second-order valence-corrected chi connectivity index (χ2v) is 12.3. The van der Waals surface area contributed by atoms with Gasteiger partial charge in [-0.25, -0.2) is 9.07 Å². The van der Waals surface area contributed by atoms with Gasteiger partial charge in [0.15, 0.2) is 0 Å². The summed E-state index contributed by atoms with van der Waals surface area (Å²) in [5.41, 5.74) is 3.10. The monoisotopic (exact) mass is 610 g/mol. The molecule has 2 aromatic heterocycles. The standard InChI is InChI=1S/C35H35FN4O3S/c1-23-30-21-31(44-35(30)40(38-23)28-11-7-4-8-12-28)34(42)39(22-24-13-17-26(36)18-14-24)32(25-15-19-29(43-2)20-16-25)33(41)37-27-9-5-3-6-10-27/h4,7-8,11-21,27,32H,3,5-6,9-10,22H2,1-2H3,(H,37,41)/t32-/m1/s1. The minimum atomic E-state index is -0.919. The van der Waals surface area contributed by atoms with Crippen molar-refractivity contribution in [3.05, 3.63) is 112 Å². The first-order valence-corrected chi connectivity index (χ1v) is 15.8. The second-order valence-electron chi connectivity index (χ2n) is 11.2. The number of benzene rings is 3. The summed E-state index contributed by atoms with van der Waals surface area (Å²) in [5.74, 6) is -0.222. The highest BCUT2D eigenvalue weighted by Gasteiger charge is 2.35. The third-order valence-corrected chi connectivity index (χ3v) is 9.32. The van der Waals surface area contributed by atoms with Gasteiger partial charge in [-0.2, -0.15) is 5.10 Å². The van der Waals surface area contributed by atoms with E-state index < -0.39 is 6.04 Å². The van der Waals surface area contributed by atoms with Crippen LogP contribution in [0, 0.1) is 12.7 Å². The Bertz CT molecular complexity index is 1740. The average molecular weight is 611 g/mol. The number of methoxy groups -OCH3 is 1. The molecule has 0 aliphatic heterocycles. The summed E-state index contributed by atoms with van der Waals surface area (Å²) >= 11 is 1.35. The van der Waals surface area contributed by atoms with Crippen molar-refractivity contribution in [2.24, 2.45) is 0 Å². The molecule has 44 heavy (non-hydrogen) atoms. The number of nitrogens with zero attached hydrogens (tertiary/aromatic N) is 3. The molecule has 5 aromatic rings. The fraction of sp³-hybridized carbons (Fsp3) is 0.286. The third kappa shape index (κ3) is 6.24. The van der Waals surface area contributed by atoms with E-state index in [9.17, 15) is 14.0 Å². The van der Waals surface area contributed by atoms with Crippen LogP contribution in [0.4, 0.5) is 4.39 Å². The number of carbonyl (C=O) groups is 2. The van der Waals surface area contributed by atoms with Gasteiger partial charge in [0.25, 0.3) is 5.91 Å². The van der Waals surface area contributed by atoms with Crippen molar-refractivity contribution in [2.75, 3.05) is 7.11 Å². The molecule has 1 aliphatic carbocycles. The Balaban J connectivity index is 1.43. The Kier molecular flexibility index (Phi) is 8.74. The highest BCUT2D eigenvalue weighted by atomic mass is 32.1. The molecule has 0 radical (unpaired) electrons. The van der Waals surface area contributed by atoms with E-state index in [1.807, 2.05) is 60.1 Å². The predicted octanol–water partition coefficient (Wildman–Crippen LogP) is 7.38. The Morgan fingerprint density at radius 1 is 1.02 bits per heavy atom. The van der Waals surface area contributed by atoms with Crippen molar-refractivity contribution < 1.29 is 18.7 Å². The largest absolute Gasteiger partial charge is 0.497 e. The lowest BCUT2D eigenvalue weighted by atomic mass is 9.94. The van der Waals surface area contributed by atoms with Crippen LogP contribution in [0.1, 0.15) is 64.6 Å². The molecule has 1 aliphatic rings. The molecule has 0 saturated heterocycles. The van der Waals surface area contributed by atoms with Gasteiger partial charge in [0, 0.05) is 18.0 Å². The van der Waals surface area contributed by atoms with E-state index in [2.05, 4.69) is 5.32 Å². The topological polar surface area (TPSA) is 76.5 Å². The molecular weight excluding hydrogens is 575 g/mol. The van der Waals surface area contributed by atoms with Gasteiger partial charge in [-0.1, -0.05) is 61.7 Å². The zero-order valence-corrected chi connectivity index (χ0v) is 25.6. The van der Waals surface area contributed by atoms with E-state index in [0.29, 0.717) is 16.2 Å². The maximum atomic E-state index is 14.6. The van der Waals surface area contributed by atoms with E-state index in [0.717, 1.165) is 59.3 Å². The number of ether oxygens (including phenoxy) is 1. The van der Waals surface area contributed by atoms with Crippen LogP contribution < -0.4 is 10.1 Å². The molecule has 1 atom stereocenters. The molecule has 7 nitrogen and oxygen atoms in total. The highest BCUT2D eigenvalue weighted by Crippen LogP contribution is 2.34. The summed E-state index contributed by atoms with van der Waals surface area (Å²) in [6.07, 6.45) is 5.12. The lowest BCUT2D eigenvalue weighted by molar-refractivity contribution is -0.127. The molecule has 6 rings (SSSR count). The molecular formula is C35H35FN4O3S. The molecule has 1 saturated carbocycles. The molecule has 1 N–H and O–H groups in total. The minimum Gasteiger partial charge on any atom is -0.497 e. The van der Waals surface area contributed by atoms with Crippen molar-refractivity contribution >= 4 is 33.4 Å². The fourth-order valence-corrected chi connectivity index (χ4v) is 7.03. The Labute approximate surface area is 260 Å². The number of aromatic nitrogens is 2. The van der Waals surface area contributed by atoms with E-state index in [4.69, 9.17) is 9.84 Å². The van der Waals surface area contributed by atoms with Crippen molar-refractivity contribution in [1.82, 2.24) is 20.0 Å². The molecule has 2 heterocycles. The summed E-state index contributed by atoms with van der Waals surface area (Å²) in [6, 6.07) is 24.1. The number of para-hydroxylation sites is 1. The molecule has 2 amide bonds. The van der Waals surface area contributed by atoms with E-state index in [1.165, 1.54) is 23.5 Å². The zero-order valence-electron chi connectivity index (χ0n) is 24.8. The molecule has 1 fully saturated rings. The molecule has 0 unspecified atom stereocenters. The quantitative estimate of drug-likeness (QED) is 0.189. The van der Waals surface area contributed by atoms with Gasteiger partial charge >= 0.3 is 0 Å². The first-order chi connectivity index (χ1) is 21.4. The average Bonchev–Trinajstić information content (AvgIpc) is 3.63. The van der Waals surface area contributed by atoms with E-state index in [1.54, 1.807) is 36.3 Å². The van der Waals surface area contributed by atoms with Crippen LogP contribution in [-0.4, -0.2) is 39.6 Å². The molecule has 9 heteroatoms. The number of thiophene rings is 1. The molecule has 3 aromatic carbocycles. The van der Waals surface area contributed by atoms with E-state index in [-0.39, 0.29) is 30.2 Å². The summed E-state index contributed by atoms with van der Waals surface area (Å²) < 4.78 is 21.1. The number of carbonyl (C=O) groups excluding carboxylic acids is 2. The number of nitrogens with one attached hydrogen (secondary N) is 1. The smallest absolute Gasteiger partial charge is 0.265 e. The lowest BCUT2D eigenvalue weighted by Gasteiger charge is -2.33. The summed E-state index contributed by atoms with van der Waals surface area (Å²) in [5, 5.41) is 8.86. The summed E-state index contributed by atoms with van der Waals surface area (Å²) in [6.45, 7) is 2.04. The number of halogens is 1. The van der Waals surface area contributed by atoms with Crippen molar-refractivity contribution in [2.45, 2.75) is 57.7 Å². The SMILES string of the molecule is COc1ccc([C@H](C(=O)NC2CCCCC2)N(Cc2ccc(F)cc2)C(=O)c2cc3c(C)nn(-c4ccccc4)c3s2)cc1. The summed E-state index contributed by atoms with van der Waals surface area (Å²) in [7, 11) is 1.59. The van der Waals surface area contributed by atoms with Crippen molar-refractivity contribution in [3.8, 4) is 11.4 Å². The van der Waals surface area contributed by atoms with Crippen LogP contribution in [0.15, 0.2) is 84.9 Å². The third-order valence-electron chi connectivity index (χ3n) is 8.23. The van der Waals surface area contributed by atoms with Crippen LogP contribution in [0.25, 0.3) is 15.9 Å². The first-order valence-electron chi connectivity index (χ1n) is 15.0. The van der Waals surface area contributed by atoms with Crippen molar-refractivity contribution in [3.63, 3.8) is 0 Å². The number of rotatable bonds is 9. The number of hydrogen-bond donors (Lipinski definition) is 1. The number of hydrogen-bond acceptors (Lipinski definition) is 5. The van der Waals surface area contributed by atoms with Gasteiger partial charge in [0.2, 0.25) is 5.91 Å². The molecule has 0 bridgehead atoms. The summed E-state index contributed by atoms with van der Waals surface area (Å²) in [4.78, 5) is 31.8. The number of amides is 2. The zero-order chi connectivity index (χ0) is 30.6. The Morgan fingerprint density at radius 3 is 2.41 bits per heavy atom. The van der Waals surface area contributed by atoms with Crippen LogP contribution in [0.2, 0.25) is 0 Å². The normalized spacial score (nSPS) is 14.3. The highest BCUT2D eigenvalue weighted by molar-refractivity contribution is 7.20.